The number of hydrogen-bond donors (Lipinski definition) is 2. The van der Waals surface area contributed by atoms with Crippen LogP contribution in [0.15, 0.2) is 23.1 Å². The zero-order chi connectivity index (χ0) is 33.0. The number of nitrogens with zero attached hydrogens (tertiary/aromatic N) is 6. The second kappa shape index (κ2) is 10.8. The summed E-state index contributed by atoms with van der Waals surface area (Å²) in [7, 11) is 1.14. The minimum Gasteiger partial charge on any atom is -0.382 e. The number of methoxy groups -OCH3 is 1. The molecule has 1 fully saturated rings. The van der Waals surface area contributed by atoms with Gasteiger partial charge in [0.15, 0.2) is 16.9 Å². The topological polar surface area (TPSA) is 163 Å². The van der Waals surface area contributed by atoms with Crippen LogP contribution in [-0.2, 0) is 9.47 Å². The Labute approximate surface area is 231 Å². The van der Waals surface area contributed by atoms with Crippen LogP contribution in [-0.4, -0.2) is 92.5 Å². The number of ether oxygens (including phenoxy) is 2. The number of hydrogen-bond acceptors (Lipinski definition) is 9. The molecule has 3 aromatic heterocycles. The lowest BCUT2D eigenvalue weighted by Gasteiger charge is -2.29. The van der Waals surface area contributed by atoms with E-state index in [9.17, 15) is 35.9 Å². The number of halogens is 6. The number of nitrogens with two attached hydrogens (primary N) is 1. The molecule has 0 saturated carbocycles. The second-order valence-electron chi connectivity index (χ2n) is 9.25. The van der Waals surface area contributed by atoms with E-state index in [1.807, 2.05) is 0 Å². The number of fused-ring (bicyclic) bond motifs is 1. The van der Waals surface area contributed by atoms with Gasteiger partial charge in [-0.15, -0.1) is 0 Å². The Balaban J connectivity index is 1.77. The Morgan fingerprint density at radius 3 is 2.59 bits per heavy atom. The van der Waals surface area contributed by atoms with Crippen molar-refractivity contribution in [1.29, 1.82) is 0 Å². The number of nitrogens with one attached hydrogen (secondary N) is 1. The predicted molar refractivity (Wildman–Crippen MR) is 123 cm³/mol. The summed E-state index contributed by atoms with van der Waals surface area (Å²) in [5, 5.41) is 12.4. The van der Waals surface area contributed by atoms with E-state index in [0.717, 1.165) is 31.7 Å². The van der Waals surface area contributed by atoms with Gasteiger partial charge in [0.25, 0.3) is 5.91 Å². The van der Waals surface area contributed by atoms with Crippen molar-refractivity contribution < 1.29 is 54.1 Å². The molecule has 4 rings (SSSR count). The standard InChI is InChI=1S/C22H24F6N8O5/c1-20(2,22(26,27)28)40-8-11(16-17(18(29)37)34-41-33-16)12-6-36-15(31-12)4-10(5-30-36)13(9-39-3)35-7-14(21(23,24)25)32-19(35)38/h4-6,11,13-14H,7-9H2,1-3H3,(H2,29,37)(H,32,38)/t11-,13-,14-/m1/s1/i7D2,14D. The smallest absolute Gasteiger partial charge is 0.382 e. The van der Waals surface area contributed by atoms with Gasteiger partial charge >= 0.3 is 18.4 Å². The number of alkyl halides is 6. The van der Waals surface area contributed by atoms with Crippen LogP contribution in [0.25, 0.3) is 5.65 Å². The zero-order valence-electron chi connectivity index (χ0n) is 24.4. The number of imidazole rings is 1. The minimum atomic E-state index is -5.50. The fourth-order valence-corrected chi connectivity index (χ4v) is 3.73. The molecule has 0 unspecified atom stereocenters. The van der Waals surface area contributed by atoms with Gasteiger partial charge in [0.05, 0.1) is 53.9 Å². The lowest BCUT2D eigenvalue weighted by Crippen LogP contribution is -2.42. The molecule has 19 heteroatoms. The highest BCUT2D eigenvalue weighted by Gasteiger charge is 2.50. The van der Waals surface area contributed by atoms with Crippen molar-refractivity contribution in [3.63, 3.8) is 0 Å². The Morgan fingerprint density at radius 1 is 1.29 bits per heavy atom. The highest BCUT2D eigenvalue weighted by atomic mass is 19.4. The summed E-state index contributed by atoms with van der Waals surface area (Å²) in [5.41, 5.74) is 1.58. The van der Waals surface area contributed by atoms with Gasteiger partial charge in [0.1, 0.15) is 11.7 Å². The zero-order valence-corrected chi connectivity index (χ0v) is 21.4. The Hall–Kier alpha value is -4.00. The van der Waals surface area contributed by atoms with Crippen LogP contribution in [0.2, 0.25) is 0 Å². The third kappa shape index (κ3) is 6.04. The molecule has 3 N–H and O–H groups in total. The van der Waals surface area contributed by atoms with Gasteiger partial charge in [-0.3, -0.25) is 4.79 Å². The quantitative estimate of drug-likeness (QED) is 0.334. The molecule has 0 bridgehead atoms. The normalized spacial score (nSPS) is 22.2. The molecule has 1 aliphatic heterocycles. The average Bonchev–Trinajstić information content (AvgIpc) is 3.58. The molecular weight excluding hydrogens is 570 g/mol. The lowest BCUT2D eigenvalue weighted by molar-refractivity contribution is -0.264. The van der Waals surface area contributed by atoms with Crippen molar-refractivity contribution in [2.24, 2.45) is 5.73 Å². The van der Waals surface area contributed by atoms with Gasteiger partial charge in [-0.05, 0) is 25.1 Å². The van der Waals surface area contributed by atoms with Crippen LogP contribution < -0.4 is 11.1 Å². The van der Waals surface area contributed by atoms with E-state index in [0.29, 0.717) is 0 Å². The molecule has 3 amide bonds. The molecule has 1 aliphatic rings. The van der Waals surface area contributed by atoms with Crippen molar-refractivity contribution in [3.8, 4) is 0 Å². The van der Waals surface area contributed by atoms with Crippen molar-refractivity contribution in [2.45, 2.75) is 49.8 Å². The summed E-state index contributed by atoms with van der Waals surface area (Å²) in [6.07, 6.45) is -8.02. The first kappa shape index (κ1) is 25.9. The number of carbonyl (C=O) groups is 2. The Morgan fingerprint density at radius 2 is 2.00 bits per heavy atom. The third-order valence-electron chi connectivity index (χ3n) is 6.08. The molecule has 0 radical (unpaired) electrons. The van der Waals surface area contributed by atoms with Gasteiger partial charge in [-0.2, -0.15) is 31.4 Å². The van der Waals surface area contributed by atoms with Gasteiger partial charge in [0.2, 0.25) is 0 Å². The maximum Gasteiger partial charge on any atom is 0.416 e. The predicted octanol–water partition coefficient (Wildman–Crippen LogP) is 2.34. The Kier molecular flexibility index (Phi) is 6.81. The van der Waals surface area contributed by atoms with Gasteiger partial charge in [-0.25, -0.2) is 18.9 Å². The maximum atomic E-state index is 13.7. The van der Waals surface area contributed by atoms with Crippen LogP contribution in [0, 0.1) is 0 Å². The van der Waals surface area contributed by atoms with E-state index < -0.39 is 73.3 Å². The Bertz CT molecular complexity index is 1560. The van der Waals surface area contributed by atoms with Gasteiger partial charge in [-0.1, -0.05) is 5.16 Å². The number of aromatic nitrogens is 5. The highest BCUT2D eigenvalue weighted by Crippen LogP contribution is 2.36. The number of amides is 3. The summed E-state index contributed by atoms with van der Waals surface area (Å²) in [4.78, 5) is 29.0. The molecule has 224 valence electrons. The van der Waals surface area contributed by atoms with Crippen LogP contribution in [0.1, 0.15) is 57.4 Å². The molecular formula is C22H24F6N8O5. The number of carbonyl (C=O) groups excluding carboxylic acids is 2. The molecule has 0 aliphatic carbocycles. The van der Waals surface area contributed by atoms with Crippen LogP contribution in [0.5, 0.6) is 0 Å². The molecule has 0 spiro atoms. The van der Waals surface area contributed by atoms with E-state index in [1.54, 1.807) is 0 Å². The van der Waals surface area contributed by atoms with Crippen molar-refractivity contribution in [3.05, 3.63) is 41.1 Å². The third-order valence-corrected chi connectivity index (χ3v) is 6.08. The van der Waals surface area contributed by atoms with E-state index in [2.05, 4.69) is 25.0 Å². The summed E-state index contributed by atoms with van der Waals surface area (Å²) >= 11 is 0. The SMILES string of the molecule is [2H]C1([2H])N([C@H](COC)c2cnn3cc([C@@H](COC(C)(C)C(F)(F)F)c4nonc4C(N)=O)nc3c2)C(=O)N[C@@]1([2H])C(F)(F)F. The molecule has 1 saturated heterocycles. The van der Waals surface area contributed by atoms with Crippen molar-refractivity contribution in [1.82, 2.24) is 35.1 Å². The molecule has 13 nitrogen and oxygen atoms in total. The number of rotatable bonds is 10. The maximum absolute atomic E-state index is 13.7. The second-order valence-corrected chi connectivity index (χ2v) is 9.25. The number of urea groups is 1. The molecule has 3 aromatic rings. The summed E-state index contributed by atoms with van der Waals surface area (Å²) < 4.78 is 121. The fraction of sp³-hybridized carbons (Fsp3) is 0.545. The van der Waals surface area contributed by atoms with Crippen LogP contribution in [0.3, 0.4) is 0 Å². The van der Waals surface area contributed by atoms with Gasteiger partial charge < -0.3 is 25.4 Å². The van der Waals surface area contributed by atoms with Crippen molar-refractivity contribution in [2.75, 3.05) is 26.8 Å². The van der Waals surface area contributed by atoms with E-state index in [-0.39, 0.29) is 27.5 Å². The summed E-state index contributed by atoms with van der Waals surface area (Å²) in [6.45, 7) is -3.39. The average molecular weight is 597 g/mol. The van der Waals surface area contributed by atoms with Gasteiger partial charge in [0, 0.05) is 12.7 Å². The molecule has 3 atom stereocenters. The van der Waals surface area contributed by atoms with E-state index >= 15 is 0 Å². The van der Waals surface area contributed by atoms with E-state index in [1.165, 1.54) is 17.6 Å². The lowest BCUT2D eigenvalue weighted by atomic mass is 10.00. The largest absolute Gasteiger partial charge is 0.416 e. The monoisotopic (exact) mass is 597 g/mol. The van der Waals surface area contributed by atoms with Crippen molar-refractivity contribution >= 4 is 17.6 Å². The first-order chi connectivity index (χ1) is 20.2. The first-order valence-corrected chi connectivity index (χ1v) is 11.5. The van der Waals surface area contributed by atoms with Crippen LogP contribution in [0.4, 0.5) is 31.1 Å². The highest BCUT2D eigenvalue weighted by molar-refractivity contribution is 5.91. The minimum absolute atomic E-state index is 0.0751. The summed E-state index contributed by atoms with van der Waals surface area (Å²) in [6, 6.07) is -5.93. The number of primary amides is 1. The molecule has 41 heavy (non-hydrogen) atoms. The summed E-state index contributed by atoms with van der Waals surface area (Å²) in [5.74, 6) is -2.45. The fourth-order valence-electron chi connectivity index (χ4n) is 3.73. The molecule has 0 aromatic carbocycles. The van der Waals surface area contributed by atoms with Crippen LogP contribution >= 0.6 is 0 Å². The van der Waals surface area contributed by atoms with E-state index in [4.69, 9.17) is 19.3 Å². The first-order valence-electron chi connectivity index (χ1n) is 13.0. The molecule has 4 heterocycles.